The normalized spacial score (nSPS) is 22.4. The third-order valence-electron chi connectivity index (χ3n) is 4.38. The van der Waals surface area contributed by atoms with Gasteiger partial charge in [0.05, 0.1) is 0 Å². The highest BCUT2D eigenvalue weighted by atomic mass is 15.2. The molecule has 0 aliphatic heterocycles. The van der Waals surface area contributed by atoms with Gasteiger partial charge in [-0.1, -0.05) is 27.7 Å². The lowest BCUT2D eigenvalue weighted by molar-refractivity contribution is 0.457. The molecular weight excluding hydrogens is 186 g/mol. The summed E-state index contributed by atoms with van der Waals surface area (Å²) in [5.74, 6) is 1.59. The van der Waals surface area contributed by atoms with E-state index in [0.717, 1.165) is 12.4 Å². The Morgan fingerprint density at radius 1 is 1.27 bits per heavy atom. The second kappa shape index (κ2) is 3.19. The molecule has 2 rings (SSSR count). The number of rotatable bonds is 3. The van der Waals surface area contributed by atoms with E-state index in [1.54, 1.807) is 6.20 Å². The summed E-state index contributed by atoms with van der Waals surface area (Å²) in [5.41, 5.74) is 0.865. The number of hydrogen-bond donors (Lipinski definition) is 1. The zero-order valence-corrected chi connectivity index (χ0v) is 9.91. The molecule has 15 heavy (non-hydrogen) atoms. The third-order valence-corrected chi connectivity index (χ3v) is 4.38. The van der Waals surface area contributed by atoms with E-state index in [0.29, 0.717) is 16.7 Å². The van der Waals surface area contributed by atoms with Crippen LogP contribution in [0, 0.1) is 16.7 Å². The van der Waals surface area contributed by atoms with Crippen molar-refractivity contribution in [3.63, 3.8) is 0 Å². The molecule has 3 nitrogen and oxygen atoms in total. The summed E-state index contributed by atoms with van der Waals surface area (Å²) in [6, 6.07) is 3.86. The first-order valence-electron chi connectivity index (χ1n) is 5.48. The molecule has 1 aromatic heterocycles. The van der Waals surface area contributed by atoms with E-state index in [1.807, 2.05) is 12.1 Å². The molecule has 1 aliphatic carbocycles. The summed E-state index contributed by atoms with van der Waals surface area (Å²) in [6.45, 7) is 10.3. The van der Waals surface area contributed by atoms with Crippen molar-refractivity contribution in [2.45, 2.75) is 27.7 Å². The van der Waals surface area contributed by atoms with Crippen molar-refractivity contribution in [3.8, 4) is 0 Å². The average Bonchev–Trinajstić information content (AvgIpc) is 2.57. The van der Waals surface area contributed by atoms with Crippen LogP contribution in [-0.4, -0.2) is 16.7 Å². The lowest BCUT2D eigenvalue weighted by Crippen LogP contribution is -2.09. The molecule has 0 aromatic carbocycles. The van der Waals surface area contributed by atoms with Gasteiger partial charge in [-0.2, -0.15) is 5.10 Å². The summed E-state index contributed by atoms with van der Waals surface area (Å²) in [4.78, 5) is 0. The Morgan fingerprint density at radius 2 is 1.93 bits per heavy atom. The quantitative estimate of drug-likeness (QED) is 0.824. The maximum atomic E-state index is 4.01. The SMILES string of the molecule is CC1(C)C(CNc2cccnn2)C1(C)C. The molecule has 0 saturated heterocycles. The first-order chi connectivity index (χ1) is 6.96. The average molecular weight is 205 g/mol. The molecule has 82 valence electrons. The summed E-state index contributed by atoms with van der Waals surface area (Å²) in [7, 11) is 0. The smallest absolute Gasteiger partial charge is 0.148 e. The molecular formula is C12H19N3. The van der Waals surface area contributed by atoms with Crippen LogP contribution in [0.15, 0.2) is 18.3 Å². The molecule has 0 atom stereocenters. The number of nitrogens with one attached hydrogen (secondary N) is 1. The second-order valence-corrected chi connectivity index (χ2v) is 5.49. The molecule has 0 radical (unpaired) electrons. The minimum atomic E-state index is 0.433. The lowest BCUT2D eigenvalue weighted by Gasteiger charge is -2.05. The first-order valence-corrected chi connectivity index (χ1v) is 5.48. The molecule has 1 fully saturated rings. The largest absolute Gasteiger partial charge is 0.368 e. The van der Waals surface area contributed by atoms with Gasteiger partial charge in [-0.3, -0.25) is 0 Å². The van der Waals surface area contributed by atoms with E-state index in [1.165, 1.54) is 0 Å². The van der Waals surface area contributed by atoms with Crippen LogP contribution in [0.5, 0.6) is 0 Å². The summed E-state index contributed by atoms with van der Waals surface area (Å²) < 4.78 is 0. The van der Waals surface area contributed by atoms with E-state index in [4.69, 9.17) is 0 Å². The highest BCUT2D eigenvalue weighted by molar-refractivity contribution is 5.33. The highest BCUT2D eigenvalue weighted by Crippen LogP contribution is 2.68. The molecule has 0 amide bonds. The fourth-order valence-electron chi connectivity index (χ4n) is 2.45. The summed E-state index contributed by atoms with van der Waals surface area (Å²) in [6.07, 6.45) is 1.69. The minimum Gasteiger partial charge on any atom is -0.368 e. The Morgan fingerprint density at radius 3 is 2.40 bits per heavy atom. The Hall–Kier alpha value is -1.12. The van der Waals surface area contributed by atoms with Crippen LogP contribution in [-0.2, 0) is 0 Å². The van der Waals surface area contributed by atoms with Gasteiger partial charge in [0, 0.05) is 12.7 Å². The fraction of sp³-hybridized carbons (Fsp3) is 0.667. The Bertz CT molecular complexity index is 329. The number of anilines is 1. The number of hydrogen-bond acceptors (Lipinski definition) is 3. The van der Waals surface area contributed by atoms with E-state index < -0.39 is 0 Å². The third kappa shape index (κ3) is 1.60. The predicted molar refractivity (Wildman–Crippen MR) is 61.6 cm³/mol. The van der Waals surface area contributed by atoms with E-state index in [2.05, 4.69) is 43.2 Å². The second-order valence-electron chi connectivity index (χ2n) is 5.49. The van der Waals surface area contributed by atoms with Crippen molar-refractivity contribution in [2.24, 2.45) is 16.7 Å². The number of nitrogens with zero attached hydrogens (tertiary/aromatic N) is 2. The topological polar surface area (TPSA) is 37.8 Å². The van der Waals surface area contributed by atoms with Gasteiger partial charge in [0.2, 0.25) is 0 Å². The monoisotopic (exact) mass is 205 g/mol. The van der Waals surface area contributed by atoms with Crippen molar-refractivity contribution >= 4 is 5.82 Å². The predicted octanol–water partition coefficient (Wildman–Crippen LogP) is 2.57. The van der Waals surface area contributed by atoms with Crippen molar-refractivity contribution in [3.05, 3.63) is 18.3 Å². The number of aromatic nitrogens is 2. The summed E-state index contributed by atoms with van der Waals surface area (Å²) in [5, 5.41) is 11.2. The van der Waals surface area contributed by atoms with Gasteiger partial charge in [-0.05, 0) is 28.9 Å². The van der Waals surface area contributed by atoms with Gasteiger partial charge in [-0.15, -0.1) is 5.10 Å². The zero-order chi connectivity index (χ0) is 11.1. The van der Waals surface area contributed by atoms with Crippen LogP contribution in [0.4, 0.5) is 5.82 Å². The van der Waals surface area contributed by atoms with E-state index in [-0.39, 0.29) is 0 Å². The van der Waals surface area contributed by atoms with Crippen LogP contribution < -0.4 is 5.32 Å². The summed E-state index contributed by atoms with van der Waals surface area (Å²) >= 11 is 0. The fourth-order valence-corrected chi connectivity index (χ4v) is 2.45. The van der Waals surface area contributed by atoms with Crippen LogP contribution in [0.2, 0.25) is 0 Å². The van der Waals surface area contributed by atoms with Crippen molar-refractivity contribution in [2.75, 3.05) is 11.9 Å². The molecule has 3 heteroatoms. The molecule has 1 heterocycles. The maximum Gasteiger partial charge on any atom is 0.148 e. The molecule has 0 bridgehead atoms. The van der Waals surface area contributed by atoms with Gasteiger partial charge in [-0.25, -0.2) is 0 Å². The Balaban J connectivity index is 1.92. The maximum absolute atomic E-state index is 4.01. The molecule has 1 aliphatic rings. The standard InChI is InChI=1S/C12H19N3/c1-11(2)9(12(11,3)4)8-13-10-6-5-7-14-15-10/h5-7,9H,8H2,1-4H3,(H,13,15). The molecule has 0 unspecified atom stereocenters. The zero-order valence-electron chi connectivity index (χ0n) is 9.91. The van der Waals surface area contributed by atoms with Gasteiger partial charge < -0.3 is 5.32 Å². The molecule has 1 N–H and O–H groups in total. The minimum absolute atomic E-state index is 0.433. The molecule has 0 spiro atoms. The van der Waals surface area contributed by atoms with Crippen molar-refractivity contribution in [1.29, 1.82) is 0 Å². The Kier molecular flexibility index (Phi) is 2.21. The van der Waals surface area contributed by atoms with Gasteiger partial charge in [0.1, 0.15) is 5.82 Å². The first kappa shape index (κ1) is 10.4. The van der Waals surface area contributed by atoms with Crippen LogP contribution in [0.1, 0.15) is 27.7 Å². The Labute approximate surface area is 91.3 Å². The van der Waals surface area contributed by atoms with Gasteiger partial charge in [0.25, 0.3) is 0 Å². The molecule has 1 saturated carbocycles. The van der Waals surface area contributed by atoms with Gasteiger partial charge in [0.15, 0.2) is 0 Å². The molecule has 1 aromatic rings. The van der Waals surface area contributed by atoms with E-state index >= 15 is 0 Å². The van der Waals surface area contributed by atoms with E-state index in [9.17, 15) is 0 Å². The lowest BCUT2D eigenvalue weighted by atomic mass is 10.0. The van der Waals surface area contributed by atoms with Gasteiger partial charge >= 0.3 is 0 Å². The highest BCUT2D eigenvalue weighted by Gasteiger charge is 2.64. The van der Waals surface area contributed by atoms with Crippen LogP contribution in [0.25, 0.3) is 0 Å². The van der Waals surface area contributed by atoms with Crippen molar-refractivity contribution < 1.29 is 0 Å². The van der Waals surface area contributed by atoms with Crippen molar-refractivity contribution in [1.82, 2.24) is 10.2 Å². The van der Waals surface area contributed by atoms with Crippen LogP contribution in [0.3, 0.4) is 0 Å². The van der Waals surface area contributed by atoms with Crippen LogP contribution >= 0.6 is 0 Å².